The van der Waals surface area contributed by atoms with Crippen molar-refractivity contribution in [3.05, 3.63) is 51.2 Å². The maximum atomic E-state index is 16.0. The van der Waals surface area contributed by atoms with E-state index in [-0.39, 0.29) is 41.6 Å². The number of likely N-dealkylation sites (N-methyl/N-ethyl adjacent to an activating group) is 1. The topological polar surface area (TPSA) is 165 Å². The van der Waals surface area contributed by atoms with Gasteiger partial charge in [0, 0.05) is 35.2 Å². The number of carbonyl (C=O) groups excluding carboxylic acids is 3. The maximum Gasteiger partial charge on any atom is 0.255 e. The molecule has 11 heteroatoms. The summed E-state index contributed by atoms with van der Waals surface area (Å²) in [6, 6.07) is 0.427. The molecular weight excluding hydrogens is 521 g/mol. The average Bonchev–Trinajstić information content (AvgIpc) is 2.89. The lowest BCUT2D eigenvalue weighted by Gasteiger charge is -2.50. The standard InChI is InChI=1S/C29H36FN3O7/c1-32(2)23-17-10-13-9-16-20(18(34)11-14(22(16)30)12-33(3)15-7-5-4-6-8-15)24(35)19(13)26(37)29(17,40)27(38)21(25(23)36)28(31)39/h11,13,15,17,23,34,36-37,40H,4-10,12H2,1-3H3,(H2,31,39)/t13-,17-,23-,29-/m0/s1. The molecule has 0 radical (unpaired) electrons. The van der Waals surface area contributed by atoms with E-state index in [4.69, 9.17) is 5.73 Å². The highest BCUT2D eigenvalue weighted by molar-refractivity contribution is 6.24. The summed E-state index contributed by atoms with van der Waals surface area (Å²) in [5, 5.41) is 44.7. The number of aliphatic hydroxyl groups is 3. The summed E-state index contributed by atoms with van der Waals surface area (Å²) in [6.07, 6.45) is 5.26. The molecule has 0 unspecified atom stereocenters. The molecule has 216 valence electrons. The smallest absolute Gasteiger partial charge is 0.255 e. The molecule has 10 nitrogen and oxygen atoms in total. The van der Waals surface area contributed by atoms with Crippen LogP contribution in [0.25, 0.3) is 0 Å². The van der Waals surface area contributed by atoms with Gasteiger partial charge >= 0.3 is 0 Å². The molecule has 0 aromatic heterocycles. The van der Waals surface area contributed by atoms with Gasteiger partial charge in [-0.3, -0.25) is 24.2 Å². The summed E-state index contributed by atoms with van der Waals surface area (Å²) < 4.78 is 16.0. The van der Waals surface area contributed by atoms with Crippen LogP contribution in [0.1, 0.15) is 60.0 Å². The number of rotatable bonds is 5. The van der Waals surface area contributed by atoms with Gasteiger partial charge in [0.2, 0.25) is 5.78 Å². The molecule has 0 aliphatic heterocycles. The van der Waals surface area contributed by atoms with E-state index in [0.29, 0.717) is 6.04 Å². The highest BCUT2D eigenvalue weighted by Gasteiger charge is 2.63. The van der Waals surface area contributed by atoms with Gasteiger partial charge in [-0.15, -0.1) is 0 Å². The molecule has 4 atom stereocenters. The number of aliphatic hydroxyl groups excluding tert-OH is 2. The van der Waals surface area contributed by atoms with Crippen LogP contribution >= 0.6 is 0 Å². The van der Waals surface area contributed by atoms with Crippen molar-refractivity contribution in [1.82, 2.24) is 9.80 Å². The molecule has 0 saturated heterocycles. The fourth-order valence-corrected chi connectivity index (χ4v) is 7.39. The Balaban J connectivity index is 1.59. The minimum Gasteiger partial charge on any atom is -0.510 e. The number of fused-ring (bicyclic) bond motifs is 3. The molecular formula is C29H36FN3O7. The highest BCUT2D eigenvalue weighted by atomic mass is 19.1. The number of benzene rings is 1. The predicted molar refractivity (Wildman–Crippen MR) is 142 cm³/mol. The van der Waals surface area contributed by atoms with E-state index in [1.54, 1.807) is 14.1 Å². The zero-order valence-electron chi connectivity index (χ0n) is 22.9. The molecule has 40 heavy (non-hydrogen) atoms. The molecule has 5 rings (SSSR count). The monoisotopic (exact) mass is 557 g/mol. The number of ketones is 2. The Bertz CT molecular complexity index is 1360. The average molecular weight is 558 g/mol. The Labute approximate surface area is 231 Å². The number of Topliss-reactive ketones (excluding diaryl/α,β-unsaturated/α-hetero) is 2. The zero-order chi connectivity index (χ0) is 29.3. The Morgan fingerprint density at radius 1 is 1.12 bits per heavy atom. The van der Waals surface area contributed by atoms with Gasteiger partial charge in [-0.1, -0.05) is 19.3 Å². The minimum absolute atomic E-state index is 0.0187. The third-order valence-electron chi connectivity index (χ3n) is 9.35. The van der Waals surface area contributed by atoms with Crippen molar-refractivity contribution in [3.63, 3.8) is 0 Å². The normalized spacial score (nSPS) is 29.1. The van der Waals surface area contributed by atoms with E-state index < -0.39 is 69.6 Å². The van der Waals surface area contributed by atoms with Gasteiger partial charge in [-0.25, -0.2) is 4.39 Å². The number of nitrogens with zero attached hydrogens (tertiary/aromatic N) is 2. The van der Waals surface area contributed by atoms with Crippen LogP contribution in [0.15, 0.2) is 28.7 Å². The Kier molecular flexibility index (Phi) is 7.04. The summed E-state index contributed by atoms with van der Waals surface area (Å²) in [5.74, 6) is -8.12. The number of hydrogen-bond acceptors (Lipinski definition) is 9. The van der Waals surface area contributed by atoms with Gasteiger partial charge in [0.1, 0.15) is 28.7 Å². The zero-order valence-corrected chi connectivity index (χ0v) is 22.9. The predicted octanol–water partition coefficient (Wildman–Crippen LogP) is 2.02. The van der Waals surface area contributed by atoms with Gasteiger partial charge in [0.15, 0.2) is 11.4 Å². The van der Waals surface area contributed by atoms with Gasteiger partial charge in [0.05, 0.1) is 11.6 Å². The summed E-state index contributed by atoms with van der Waals surface area (Å²) in [5.41, 5.74) is 1.41. The lowest BCUT2D eigenvalue weighted by atomic mass is 9.58. The van der Waals surface area contributed by atoms with Crippen LogP contribution in [0, 0.1) is 17.7 Å². The Morgan fingerprint density at radius 3 is 2.38 bits per heavy atom. The largest absolute Gasteiger partial charge is 0.510 e. The molecule has 4 aliphatic rings. The van der Waals surface area contributed by atoms with Crippen LogP contribution in [0.3, 0.4) is 0 Å². The van der Waals surface area contributed by atoms with E-state index in [9.17, 15) is 34.8 Å². The molecule has 4 aliphatic carbocycles. The number of nitrogens with two attached hydrogens (primary N) is 1. The molecule has 1 fully saturated rings. The minimum atomic E-state index is -2.72. The molecule has 1 aromatic carbocycles. The number of phenolic OH excluding ortho intramolecular Hbond substituents is 1. The number of carbonyl (C=O) groups is 3. The summed E-state index contributed by atoms with van der Waals surface area (Å²) in [4.78, 5) is 42.6. The number of allylic oxidation sites excluding steroid dienone is 1. The fourth-order valence-electron chi connectivity index (χ4n) is 7.39. The van der Waals surface area contributed by atoms with Crippen molar-refractivity contribution in [3.8, 4) is 5.75 Å². The van der Waals surface area contributed by atoms with Gasteiger partial charge < -0.3 is 26.2 Å². The number of phenols is 1. The molecule has 1 amide bonds. The van der Waals surface area contributed by atoms with Crippen LogP contribution < -0.4 is 5.73 Å². The summed E-state index contributed by atoms with van der Waals surface area (Å²) in [6.45, 7) is 0.248. The van der Waals surface area contributed by atoms with E-state index in [1.807, 2.05) is 7.05 Å². The number of aromatic hydroxyl groups is 1. The van der Waals surface area contributed by atoms with Crippen molar-refractivity contribution >= 4 is 17.5 Å². The molecule has 0 bridgehead atoms. The third kappa shape index (κ3) is 4.05. The first-order chi connectivity index (χ1) is 18.8. The van der Waals surface area contributed by atoms with Crippen LogP contribution in [-0.4, -0.2) is 86.5 Å². The van der Waals surface area contributed by atoms with Crippen LogP contribution in [0.4, 0.5) is 4.39 Å². The maximum absolute atomic E-state index is 16.0. The molecule has 1 aromatic rings. The lowest BCUT2D eigenvalue weighted by molar-refractivity contribution is -0.148. The summed E-state index contributed by atoms with van der Waals surface area (Å²) in [7, 11) is 5.03. The molecule has 0 heterocycles. The SMILES string of the molecule is CN(Cc1cc(O)c2c(c1F)C[C@H]1C[C@H]3[C@H](N(C)C)C(O)=C(C(N)=O)C(=O)[C@@]3(O)C(O)=C1C2=O)C1CCCCC1. The third-order valence-corrected chi connectivity index (χ3v) is 9.35. The van der Waals surface area contributed by atoms with Gasteiger partial charge in [-0.05, 0) is 58.8 Å². The molecule has 1 saturated carbocycles. The Morgan fingerprint density at radius 2 is 1.77 bits per heavy atom. The van der Waals surface area contributed by atoms with Crippen LogP contribution in [0.5, 0.6) is 5.75 Å². The van der Waals surface area contributed by atoms with E-state index in [1.165, 1.54) is 17.4 Å². The van der Waals surface area contributed by atoms with Crippen molar-refractivity contribution in [1.29, 1.82) is 0 Å². The second-order valence-corrected chi connectivity index (χ2v) is 11.9. The first-order valence-corrected chi connectivity index (χ1v) is 13.7. The molecule has 0 spiro atoms. The van der Waals surface area contributed by atoms with Crippen molar-refractivity contribution in [2.75, 3.05) is 21.1 Å². The second-order valence-electron chi connectivity index (χ2n) is 11.9. The van der Waals surface area contributed by atoms with Crippen LogP contribution in [0.2, 0.25) is 0 Å². The van der Waals surface area contributed by atoms with Crippen molar-refractivity contribution < 1.29 is 39.2 Å². The number of primary amides is 1. The van der Waals surface area contributed by atoms with E-state index >= 15 is 4.39 Å². The number of halogens is 1. The Hall–Kier alpha value is -3.28. The second kappa shape index (κ2) is 9.97. The van der Waals surface area contributed by atoms with Crippen molar-refractivity contribution in [2.24, 2.45) is 17.6 Å². The van der Waals surface area contributed by atoms with E-state index in [0.717, 1.165) is 25.7 Å². The van der Waals surface area contributed by atoms with Crippen molar-refractivity contribution in [2.45, 2.75) is 69.2 Å². The van der Waals surface area contributed by atoms with Gasteiger partial charge in [0.25, 0.3) is 5.91 Å². The molecule has 6 N–H and O–H groups in total. The number of hydrogen-bond donors (Lipinski definition) is 5. The van der Waals surface area contributed by atoms with Gasteiger partial charge in [-0.2, -0.15) is 0 Å². The first-order valence-electron chi connectivity index (χ1n) is 13.7. The van der Waals surface area contributed by atoms with Crippen LogP contribution in [-0.2, 0) is 22.6 Å². The summed E-state index contributed by atoms with van der Waals surface area (Å²) >= 11 is 0. The quantitative estimate of drug-likeness (QED) is 0.341. The first kappa shape index (κ1) is 28.3. The van der Waals surface area contributed by atoms with E-state index in [2.05, 4.69) is 4.90 Å². The highest BCUT2D eigenvalue weighted by Crippen LogP contribution is 2.52. The lowest BCUT2D eigenvalue weighted by Crippen LogP contribution is -2.63. The fraction of sp³-hybridized carbons (Fsp3) is 0.552. The number of amides is 1.